The highest BCUT2D eigenvalue weighted by molar-refractivity contribution is 7.80. The van der Waals surface area contributed by atoms with Crippen molar-refractivity contribution in [2.45, 2.75) is 12.8 Å². The van der Waals surface area contributed by atoms with E-state index in [4.69, 9.17) is 14.2 Å². The Hall–Kier alpha value is -1.03. The Morgan fingerprint density at radius 1 is 1.31 bits per heavy atom. The van der Waals surface area contributed by atoms with Crippen LogP contribution in [0.5, 0.6) is 17.2 Å². The van der Waals surface area contributed by atoms with Gasteiger partial charge in [-0.05, 0) is 36.3 Å². The molecule has 0 saturated heterocycles. The van der Waals surface area contributed by atoms with Gasteiger partial charge in [-0.15, -0.1) is 0 Å². The quantitative estimate of drug-likeness (QED) is 0.819. The van der Waals surface area contributed by atoms with E-state index in [1.165, 1.54) is 5.56 Å². The summed E-state index contributed by atoms with van der Waals surface area (Å²) in [7, 11) is 1.65. The summed E-state index contributed by atoms with van der Waals surface area (Å²) in [4.78, 5) is 0. The van der Waals surface area contributed by atoms with Gasteiger partial charge in [0.1, 0.15) is 13.2 Å². The molecule has 1 aromatic carbocycles. The molecule has 0 aliphatic carbocycles. The van der Waals surface area contributed by atoms with Crippen molar-refractivity contribution in [2.24, 2.45) is 0 Å². The molecule has 2 rings (SSSR count). The number of thiol groups is 1. The summed E-state index contributed by atoms with van der Waals surface area (Å²) in [6.45, 7) is 1.19. The van der Waals surface area contributed by atoms with Gasteiger partial charge in [-0.1, -0.05) is 0 Å². The van der Waals surface area contributed by atoms with Crippen LogP contribution in [0.1, 0.15) is 12.0 Å². The van der Waals surface area contributed by atoms with Gasteiger partial charge in [0.25, 0.3) is 0 Å². The summed E-state index contributed by atoms with van der Waals surface area (Å²) in [5.74, 6) is 3.16. The molecule has 1 aliphatic rings. The van der Waals surface area contributed by atoms with Crippen LogP contribution in [0.25, 0.3) is 0 Å². The largest absolute Gasteiger partial charge is 0.493 e. The van der Waals surface area contributed by atoms with E-state index in [9.17, 15) is 0 Å². The molecule has 1 aliphatic heterocycles. The molecule has 0 fully saturated rings. The second-order valence-electron chi connectivity index (χ2n) is 3.65. The number of hydrogen-bond acceptors (Lipinski definition) is 4. The fraction of sp³-hybridized carbons (Fsp3) is 0.500. The minimum absolute atomic E-state index is 0.583. The van der Waals surface area contributed by atoms with Crippen LogP contribution in [0, 0.1) is 0 Å². The van der Waals surface area contributed by atoms with E-state index in [2.05, 4.69) is 12.6 Å². The predicted molar refractivity (Wildman–Crippen MR) is 66.2 cm³/mol. The number of methoxy groups -OCH3 is 1. The van der Waals surface area contributed by atoms with Gasteiger partial charge in [-0.2, -0.15) is 12.6 Å². The molecule has 0 aromatic heterocycles. The first-order valence-electron chi connectivity index (χ1n) is 5.42. The van der Waals surface area contributed by atoms with E-state index in [1.54, 1.807) is 7.11 Å². The molecule has 0 saturated carbocycles. The zero-order valence-corrected chi connectivity index (χ0v) is 10.3. The molecule has 88 valence electrons. The SMILES string of the molecule is COc1cc(CCCS)cc2c1OCCO2. The highest BCUT2D eigenvalue weighted by Gasteiger charge is 2.17. The Balaban J connectivity index is 2.28. The molecular weight excluding hydrogens is 224 g/mol. The van der Waals surface area contributed by atoms with Crippen molar-refractivity contribution in [2.75, 3.05) is 26.1 Å². The number of rotatable bonds is 4. The molecule has 0 atom stereocenters. The van der Waals surface area contributed by atoms with Gasteiger partial charge in [0, 0.05) is 0 Å². The van der Waals surface area contributed by atoms with Gasteiger partial charge >= 0.3 is 0 Å². The molecule has 0 radical (unpaired) electrons. The lowest BCUT2D eigenvalue weighted by Crippen LogP contribution is -2.16. The van der Waals surface area contributed by atoms with E-state index in [-0.39, 0.29) is 0 Å². The summed E-state index contributed by atoms with van der Waals surface area (Å²) in [6.07, 6.45) is 2.03. The third kappa shape index (κ3) is 2.38. The molecule has 0 amide bonds. The number of aryl methyl sites for hydroxylation is 1. The zero-order chi connectivity index (χ0) is 11.4. The maximum Gasteiger partial charge on any atom is 0.203 e. The average Bonchev–Trinajstić information content (AvgIpc) is 2.35. The van der Waals surface area contributed by atoms with Gasteiger partial charge in [0.15, 0.2) is 11.5 Å². The Morgan fingerprint density at radius 2 is 2.12 bits per heavy atom. The normalized spacial score (nSPS) is 13.6. The van der Waals surface area contributed by atoms with Gasteiger partial charge in [0.2, 0.25) is 5.75 Å². The molecular formula is C12H16O3S. The van der Waals surface area contributed by atoms with Crippen molar-refractivity contribution in [1.82, 2.24) is 0 Å². The first-order valence-corrected chi connectivity index (χ1v) is 6.05. The third-order valence-electron chi connectivity index (χ3n) is 2.51. The molecule has 16 heavy (non-hydrogen) atoms. The van der Waals surface area contributed by atoms with E-state index in [1.807, 2.05) is 12.1 Å². The maximum atomic E-state index is 5.56. The molecule has 1 aromatic rings. The van der Waals surface area contributed by atoms with E-state index in [0.717, 1.165) is 35.8 Å². The molecule has 0 bridgehead atoms. The average molecular weight is 240 g/mol. The molecule has 0 unspecified atom stereocenters. The summed E-state index contributed by atoms with van der Waals surface area (Å²) >= 11 is 4.21. The fourth-order valence-corrected chi connectivity index (χ4v) is 1.91. The number of benzene rings is 1. The minimum Gasteiger partial charge on any atom is -0.493 e. The molecule has 0 N–H and O–H groups in total. The van der Waals surface area contributed by atoms with Gasteiger partial charge in [-0.3, -0.25) is 0 Å². The second kappa shape index (κ2) is 5.34. The summed E-state index contributed by atoms with van der Waals surface area (Å²) in [5, 5.41) is 0. The topological polar surface area (TPSA) is 27.7 Å². The third-order valence-corrected chi connectivity index (χ3v) is 2.83. The van der Waals surface area contributed by atoms with Gasteiger partial charge < -0.3 is 14.2 Å². The lowest BCUT2D eigenvalue weighted by Gasteiger charge is -2.21. The van der Waals surface area contributed by atoms with Crippen LogP contribution in [0.3, 0.4) is 0 Å². The van der Waals surface area contributed by atoms with Crippen molar-refractivity contribution in [1.29, 1.82) is 0 Å². The van der Waals surface area contributed by atoms with Crippen LogP contribution in [0.2, 0.25) is 0 Å². The van der Waals surface area contributed by atoms with Crippen LogP contribution < -0.4 is 14.2 Å². The van der Waals surface area contributed by atoms with Gasteiger partial charge in [-0.25, -0.2) is 0 Å². The van der Waals surface area contributed by atoms with Crippen molar-refractivity contribution in [3.05, 3.63) is 17.7 Å². The van der Waals surface area contributed by atoms with Crippen molar-refractivity contribution in [3.8, 4) is 17.2 Å². The standard InChI is InChI=1S/C12H16O3S/c1-13-10-7-9(3-2-6-16)8-11-12(10)15-5-4-14-11/h7-8,16H,2-6H2,1H3. The lowest BCUT2D eigenvalue weighted by molar-refractivity contribution is 0.165. The molecule has 0 spiro atoms. The minimum atomic E-state index is 0.583. The van der Waals surface area contributed by atoms with Crippen molar-refractivity contribution < 1.29 is 14.2 Å². The van der Waals surface area contributed by atoms with Crippen LogP contribution in [-0.2, 0) is 6.42 Å². The maximum absolute atomic E-state index is 5.56. The van der Waals surface area contributed by atoms with E-state index < -0.39 is 0 Å². The molecule has 1 heterocycles. The summed E-state index contributed by atoms with van der Waals surface area (Å²) in [6, 6.07) is 4.04. The predicted octanol–water partition coefficient (Wildman–Crippen LogP) is 2.33. The van der Waals surface area contributed by atoms with Crippen molar-refractivity contribution in [3.63, 3.8) is 0 Å². The van der Waals surface area contributed by atoms with E-state index in [0.29, 0.717) is 13.2 Å². The summed E-state index contributed by atoms with van der Waals surface area (Å²) in [5.41, 5.74) is 1.20. The first-order chi connectivity index (χ1) is 7.85. The van der Waals surface area contributed by atoms with Crippen LogP contribution in [0.4, 0.5) is 0 Å². The van der Waals surface area contributed by atoms with Crippen molar-refractivity contribution >= 4 is 12.6 Å². The van der Waals surface area contributed by atoms with E-state index >= 15 is 0 Å². The molecule has 3 nitrogen and oxygen atoms in total. The smallest absolute Gasteiger partial charge is 0.203 e. The summed E-state index contributed by atoms with van der Waals surface area (Å²) < 4.78 is 16.4. The number of fused-ring (bicyclic) bond motifs is 1. The Morgan fingerprint density at radius 3 is 2.88 bits per heavy atom. The number of ether oxygens (including phenoxy) is 3. The van der Waals surface area contributed by atoms with Gasteiger partial charge in [0.05, 0.1) is 7.11 Å². The fourth-order valence-electron chi connectivity index (χ4n) is 1.75. The lowest BCUT2D eigenvalue weighted by atomic mass is 10.1. The van der Waals surface area contributed by atoms with Crippen LogP contribution in [-0.4, -0.2) is 26.1 Å². The second-order valence-corrected chi connectivity index (χ2v) is 4.10. The van der Waals surface area contributed by atoms with Crippen LogP contribution >= 0.6 is 12.6 Å². The highest BCUT2D eigenvalue weighted by atomic mass is 32.1. The Bertz CT molecular complexity index is 348. The Kier molecular flexibility index (Phi) is 3.83. The monoisotopic (exact) mass is 240 g/mol. The number of hydrogen-bond donors (Lipinski definition) is 1. The Labute approximate surface area is 101 Å². The first kappa shape index (κ1) is 11.5. The molecule has 4 heteroatoms. The zero-order valence-electron chi connectivity index (χ0n) is 9.36. The van der Waals surface area contributed by atoms with Crippen LogP contribution in [0.15, 0.2) is 12.1 Å². The highest BCUT2D eigenvalue weighted by Crippen LogP contribution is 2.40.